The summed E-state index contributed by atoms with van der Waals surface area (Å²) in [4.78, 5) is 25.9. The van der Waals surface area contributed by atoms with Gasteiger partial charge in [0.2, 0.25) is 0 Å². The van der Waals surface area contributed by atoms with E-state index in [1.807, 2.05) is 27.7 Å². The summed E-state index contributed by atoms with van der Waals surface area (Å²) in [7, 11) is 0. The maximum absolute atomic E-state index is 13.2. The third-order valence-electron chi connectivity index (χ3n) is 10.4. The van der Waals surface area contributed by atoms with E-state index < -0.39 is 5.79 Å². The highest BCUT2D eigenvalue weighted by Crippen LogP contribution is 2.64. The van der Waals surface area contributed by atoms with Crippen molar-refractivity contribution in [3.05, 3.63) is 0 Å². The van der Waals surface area contributed by atoms with Crippen LogP contribution in [-0.2, 0) is 28.5 Å². The zero-order valence-electron chi connectivity index (χ0n) is 21.2. The van der Waals surface area contributed by atoms with Crippen molar-refractivity contribution in [2.75, 3.05) is 6.61 Å². The fourth-order valence-electron chi connectivity index (χ4n) is 8.32. The van der Waals surface area contributed by atoms with E-state index in [0.29, 0.717) is 30.8 Å². The molecule has 0 bridgehead atoms. The minimum absolute atomic E-state index is 0.0318. The Morgan fingerprint density at radius 3 is 2.48 bits per heavy atom. The van der Waals surface area contributed by atoms with Crippen LogP contribution in [0, 0.1) is 40.4 Å². The summed E-state index contributed by atoms with van der Waals surface area (Å²) in [5, 5.41) is 0. The highest BCUT2D eigenvalue weighted by molar-refractivity contribution is 5.74. The highest BCUT2D eigenvalue weighted by atomic mass is 16.8. The van der Waals surface area contributed by atoms with Gasteiger partial charge in [-0.15, -0.1) is 0 Å². The predicted molar refractivity (Wildman–Crippen MR) is 122 cm³/mol. The molecule has 5 fully saturated rings. The predicted octanol–water partition coefficient (Wildman–Crippen LogP) is 4.88. The second-order valence-corrected chi connectivity index (χ2v) is 12.6. The van der Waals surface area contributed by atoms with Gasteiger partial charge in [0.05, 0.1) is 30.7 Å². The molecule has 10 atom stereocenters. The second kappa shape index (κ2) is 7.94. The van der Waals surface area contributed by atoms with Gasteiger partial charge in [-0.05, 0) is 82.0 Å². The van der Waals surface area contributed by atoms with Gasteiger partial charge in [0.1, 0.15) is 6.10 Å². The Labute approximate surface area is 198 Å². The fraction of sp³-hybridized carbons (Fsp3) is 0.926. The zero-order valence-corrected chi connectivity index (χ0v) is 21.2. The molecule has 0 amide bonds. The van der Waals surface area contributed by atoms with Crippen molar-refractivity contribution in [2.45, 2.75) is 111 Å². The molecule has 0 N–H and O–H groups in total. The summed E-state index contributed by atoms with van der Waals surface area (Å²) in [5.74, 6) is 0.201. The normalized spacial score (nSPS) is 49.0. The van der Waals surface area contributed by atoms with E-state index in [9.17, 15) is 9.59 Å². The van der Waals surface area contributed by atoms with Gasteiger partial charge in [-0.25, -0.2) is 0 Å². The summed E-state index contributed by atoms with van der Waals surface area (Å²) in [6.07, 6.45) is 6.32. The van der Waals surface area contributed by atoms with E-state index in [-0.39, 0.29) is 52.9 Å². The number of hydrogen-bond acceptors (Lipinski definition) is 6. The Balaban J connectivity index is 1.40. The molecule has 1 unspecified atom stereocenters. The lowest BCUT2D eigenvalue weighted by molar-refractivity contribution is -0.165. The van der Waals surface area contributed by atoms with Gasteiger partial charge in [0, 0.05) is 5.41 Å². The lowest BCUT2D eigenvalue weighted by atomic mass is 9.49. The van der Waals surface area contributed by atoms with Gasteiger partial charge in [-0.3, -0.25) is 9.59 Å². The number of rotatable bonds is 3. The molecule has 0 aromatic carbocycles. The van der Waals surface area contributed by atoms with Crippen LogP contribution in [-0.4, -0.2) is 42.6 Å². The van der Waals surface area contributed by atoms with Crippen LogP contribution in [0.5, 0.6) is 0 Å². The number of ether oxygens (including phenoxy) is 4. The third-order valence-corrected chi connectivity index (χ3v) is 10.4. The van der Waals surface area contributed by atoms with Gasteiger partial charge in [-0.2, -0.15) is 0 Å². The number of cyclic esters (lactones) is 1. The Morgan fingerprint density at radius 2 is 1.76 bits per heavy atom. The molecule has 3 aliphatic carbocycles. The average molecular weight is 463 g/mol. The standard InChI is InChI=1S/C27H42O6/c1-7-15(2)23(28)31-22-9-8-17-16-14-30-24(29)19-12-20-21(33-25(3,4)32-20)13-27(19,6)18(16)10-11-26(17,22)5/h15-22H,7-14H2,1-6H3/t15?,16-,17-,18-,19+,20-,21+,22-,26-,27+/m0/s1. The summed E-state index contributed by atoms with van der Waals surface area (Å²) in [6.45, 7) is 13.0. The molecule has 33 heavy (non-hydrogen) atoms. The monoisotopic (exact) mass is 462 g/mol. The van der Waals surface area contributed by atoms with Crippen LogP contribution in [0.15, 0.2) is 0 Å². The highest BCUT2D eigenvalue weighted by Gasteiger charge is 2.64. The molecule has 2 aliphatic heterocycles. The first kappa shape index (κ1) is 23.6. The number of fused-ring (bicyclic) bond motifs is 6. The average Bonchev–Trinajstić information content (AvgIpc) is 3.20. The first-order valence-corrected chi connectivity index (χ1v) is 13.2. The molecule has 0 radical (unpaired) electrons. The summed E-state index contributed by atoms with van der Waals surface area (Å²) in [6, 6.07) is 0. The van der Waals surface area contributed by atoms with Gasteiger partial charge in [0.15, 0.2) is 5.79 Å². The largest absolute Gasteiger partial charge is 0.465 e. The Bertz CT molecular complexity index is 808. The molecule has 3 saturated carbocycles. The van der Waals surface area contributed by atoms with Crippen molar-refractivity contribution in [3.63, 3.8) is 0 Å². The zero-order chi connectivity index (χ0) is 23.8. The summed E-state index contributed by atoms with van der Waals surface area (Å²) in [5.41, 5.74) is -0.199. The van der Waals surface area contributed by atoms with Crippen molar-refractivity contribution in [1.82, 2.24) is 0 Å². The van der Waals surface area contributed by atoms with E-state index in [4.69, 9.17) is 18.9 Å². The van der Waals surface area contributed by atoms with E-state index in [2.05, 4.69) is 13.8 Å². The van der Waals surface area contributed by atoms with Crippen LogP contribution in [0.4, 0.5) is 0 Å². The van der Waals surface area contributed by atoms with E-state index in [0.717, 1.165) is 38.5 Å². The molecular weight excluding hydrogens is 420 g/mol. The maximum atomic E-state index is 13.2. The van der Waals surface area contributed by atoms with Crippen molar-refractivity contribution in [1.29, 1.82) is 0 Å². The van der Waals surface area contributed by atoms with Crippen molar-refractivity contribution in [2.24, 2.45) is 40.4 Å². The van der Waals surface area contributed by atoms with Crippen molar-refractivity contribution in [3.8, 4) is 0 Å². The topological polar surface area (TPSA) is 71.1 Å². The van der Waals surface area contributed by atoms with Crippen LogP contribution in [0.2, 0.25) is 0 Å². The molecule has 2 heterocycles. The first-order chi connectivity index (χ1) is 15.5. The quantitative estimate of drug-likeness (QED) is 0.557. The van der Waals surface area contributed by atoms with Crippen LogP contribution < -0.4 is 0 Å². The van der Waals surface area contributed by atoms with Gasteiger partial charge in [0.25, 0.3) is 0 Å². The molecular formula is C27H42O6. The molecule has 0 aromatic rings. The number of esters is 2. The second-order valence-electron chi connectivity index (χ2n) is 12.6. The fourth-order valence-corrected chi connectivity index (χ4v) is 8.32. The molecule has 6 heteroatoms. The van der Waals surface area contributed by atoms with Crippen molar-refractivity contribution >= 4 is 11.9 Å². The smallest absolute Gasteiger partial charge is 0.309 e. The number of carbonyl (C=O) groups is 2. The van der Waals surface area contributed by atoms with Gasteiger partial charge >= 0.3 is 11.9 Å². The molecule has 5 rings (SSSR count). The first-order valence-electron chi connectivity index (χ1n) is 13.2. The lowest BCUT2D eigenvalue weighted by Gasteiger charge is -2.55. The van der Waals surface area contributed by atoms with E-state index in [1.54, 1.807) is 0 Å². The molecule has 6 nitrogen and oxygen atoms in total. The van der Waals surface area contributed by atoms with Crippen LogP contribution in [0.3, 0.4) is 0 Å². The Hall–Kier alpha value is -1.14. The van der Waals surface area contributed by atoms with Gasteiger partial charge < -0.3 is 18.9 Å². The van der Waals surface area contributed by atoms with Crippen LogP contribution >= 0.6 is 0 Å². The minimum atomic E-state index is -0.595. The maximum Gasteiger partial charge on any atom is 0.309 e. The summed E-state index contributed by atoms with van der Waals surface area (Å²) < 4.78 is 24.5. The minimum Gasteiger partial charge on any atom is -0.465 e. The Morgan fingerprint density at radius 1 is 1.06 bits per heavy atom. The van der Waals surface area contributed by atoms with Crippen molar-refractivity contribution < 1.29 is 28.5 Å². The van der Waals surface area contributed by atoms with Crippen LogP contribution in [0.25, 0.3) is 0 Å². The van der Waals surface area contributed by atoms with E-state index in [1.165, 1.54) is 0 Å². The summed E-state index contributed by atoms with van der Waals surface area (Å²) >= 11 is 0. The molecule has 0 aromatic heterocycles. The number of carbonyl (C=O) groups excluding carboxylic acids is 2. The molecule has 5 aliphatic rings. The number of hydrogen-bond donors (Lipinski definition) is 0. The van der Waals surface area contributed by atoms with Crippen LogP contribution in [0.1, 0.15) is 86.5 Å². The molecule has 2 saturated heterocycles. The van der Waals surface area contributed by atoms with Gasteiger partial charge in [-0.1, -0.05) is 27.7 Å². The Kier molecular flexibility index (Phi) is 5.68. The molecule has 0 spiro atoms. The third kappa shape index (κ3) is 3.65. The van der Waals surface area contributed by atoms with E-state index >= 15 is 0 Å². The lowest BCUT2D eigenvalue weighted by Crippen LogP contribution is -2.54. The molecule has 186 valence electrons. The SMILES string of the molecule is CCC(C)C(=O)O[C@H]1CC[C@H]2[C@@H]3COC(=O)[C@H]4C[C@@H]5OC(C)(C)O[C@@H]5C[C@]4(C)[C@H]3CC[C@]12C.